The monoisotopic (exact) mass is 364 g/mol. The molecule has 0 fully saturated rings. The molecule has 0 saturated heterocycles. The Hall–Kier alpha value is -2.71. The average molecular weight is 364 g/mol. The van der Waals surface area contributed by atoms with Crippen LogP contribution in [0.3, 0.4) is 0 Å². The molecule has 0 spiro atoms. The van der Waals surface area contributed by atoms with E-state index in [2.05, 4.69) is 0 Å². The van der Waals surface area contributed by atoms with E-state index in [1.807, 2.05) is 0 Å². The number of benzene rings is 2. The highest BCUT2D eigenvalue weighted by molar-refractivity contribution is 5.75. The van der Waals surface area contributed by atoms with Crippen molar-refractivity contribution in [3.63, 3.8) is 0 Å². The summed E-state index contributed by atoms with van der Waals surface area (Å²) < 4.78 is 82.0. The zero-order valence-electron chi connectivity index (χ0n) is 12.2. The standard InChI is InChI=1S/C16H10F6O3/c17-15(18,19)10-5-3-4-9(8-10)13(14(23)24)25-12-7-2-1-6-11(12)16(20,21)22/h1-8,13H,(H,23,24). The minimum Gasteiger partial charge on any atom is -0.478 e. The quantitative estimate of drug-likeness (QED) is 0.783. The maximum Gasteiger partial charge on any atom is 0.419 e. The van der Waals surface area contributed by atoms with Crippen molar-refractivity contribution < 1.29 is 41.0 Å². The minimum atomic E-state index is -4.81. The van der Waals surface area contributed by atoms with Crippen molar-refractivity contribution in [3.05, 3.63) is 65.2 Å². The van der Waals surface area contributed by atoms with E-state index in [0.29, 0.717) is 18.2 Å². The van der Waals surface area contributed by atoms with E-state index in [0.717, 1.165) is 24.3 Å². The molecule has 1 unspecified atom stereocenters. The molecule has 0 aliphatic heterocycles. The van der Waals surface area contributed by atoms with Crippen LogP contribution in [0.5, 0.6) is 5.75 Å². The van der Waals surface area contributed by atoms with Gasteiger partial charge in [-0.05, 0) is 24.3 Å². The summed E-state index contributed by atoms with van der Waals surface area (Å²) in [6.07, 6.45) is -11.6. The molecule has 0 aliphatic rings. The van der Waals surface area contributed by atoms with Gasteiger partial charge in [0.2, 0.25) is 6.10 Å². The highest BCUT2D eigenvalue weighted by Crippen LogP contribution is 2.38. The summed E-state index contributed by atoms with van der Waals surface area (Å²) in [7, 11) is 0. The molecular weight excluding hydrogens is 354 g/mol. The number of ether oxygens (including phenoxy) is 1. The van der Waals surface area contributed by atoms with Crippen molar-refractivity contribution in [2.45, 2.75) is 18.5 Å². The zero-order chi connectivity index (χ0) is 18.8. The number of rotatable bonds is 4. The molecule has 0 bridgehead atoms. The molecule has 0 radical (unpaired) electrons. The van der Waals surface area contributed by atoms with E-state index in [1.165, 1.54) is 6.07 Å². The van der Waals surface area contributed by atoms with Gasteiger partial charge in [-0.25, -0.2) is 4.79 Å². The van der Waals surface area contributed by atoms with Gasteiger partial charge in [0, 0.05) is 5.56 Å². The normalized spacial score (nSPS) is 13.4. The fourth-order valence-electron chi connectivity index (χ4n) is 2.07. The first-order valence-electron chi connectivity index (χ1n) is 6.73. The third-order valence-electron chi connectivity index (χ3n) is 3.18. The fourth-order valence-corrected chi connectivity index (χ4v) is 2.07. The van der Waals surface area contributed by atoms with Gasteiger partial charge in [0.1, 0.15) is 5.75 Å². The first-order valence-corrected chi connectivity index (χ1v) is 6.73. The number of carbonyl (C=O) groups is 1. The number of carboxylic acid groups (broad SMARTS) is 1. The Kier molecular flexibility index (Phi) is 4.96. The van der Waals surface area contributed by atoms with Crippen LogP contribution >= 0.6 is 0 Å². The topological polar surface area (TPSA) is 46.5 Å². The molecule has 9 heteroatoms. The summed E-state index contributed by atoms with van der Waals surface area (Å²) in [6.45, 7) is 0. The van der Waals surface area contributed by atoms with E-state index < -0.39 is 46.9 Å². The number of halogens is 6. The highest BCUT2D eigenvalue weighted by Gasteiger charge is 2.36. The fraction of sp³-hybridized carbons (Fsp3) is 0.188. The molecule has 3 nitrogen and oxygen atoms in total. The van der Waals surface area contributed by atoms with Crippen LogP contribution in [-0.4, -0.2) is 11.1 Å². The van der Waals surface area contributed by atoms with Gasteiger partial charge in [-0.3, -0.25) is 0 Å². The van der Waals surface area contributed by atoms with Crippen LogP contribution in [0.2, 0.25) is 0 Å². The van der Waals surface area contributed by atoms with Crippen LogP contribution in [0, 0.1) is 0 Å². The van der Waals surface area contributed by atoms with Crippen LogP contribution in [0.15, 0.2) is 48.5 Å². The summed E-state index contributed by atoms with van der Waals surface area (Å²) in [5.41, 5.74) is -2.79. The zero-order valence-corrected chi connectivity index (χ0v) is 12.2. The van der Waals surface area contributed by atoms with Gasteiger partial charge >= 0.3 is 18.3 Å². The average Bonchev–Trinajstić information content (AvgIpc) is 2.51. The number of aliphatic carboxylic acids is 1. The first-order chi connectivity index (χ1) is 11.5. The smallest absolute Gasteiger partial charge is 0.419 e. The lowest BCUT2D eigenvalue weighted by Gasteiger charge is -2.19. The summed E-state index contributed by atoms with van der Waals surface area (Å²) in [5, 5.41) is 9.19. The largest absolute Gasteiger partial charge is 0.478 e. The molecule has 0 saturated carbocycles. The van der Waals surface area contributed by atoms with Gasteiger partial charge in [0.25, 0.3) is 0 Å². The summed E-state index contributed by atoms with van der Waals surface area (Å²) >= 11 is 0. The Morgan fingerprint density at radius 1 is 0.920 bits per heavy atom. The number of carboxylic acids is 1. The van der Waals surface area contributed by atoms with Crippen molar-refractivity contribution in [3.8, 4) is 5.75 Å². The molecule has 2 rings (SSSR count). The molecule has 0 aromatic heterocycles. The third-order valence-corrected chi connectivity index (χ3v) is 3.18. The highest BCUT2D eigenvalue weighted by atomic mass is 19.4. The predicted molar refractivity (Wildman–Crippen MR) is 73.9 cm³/mol. The minimum absolute atomic E-state index is 0.431. The van der Waals surface area contributed by atoms with Gasteiger partial charge in [0.15, 0.2) is 0 Å². The van der Waals surface area contributed by atoms with Gasteiger partial charge in [-0.1, -0.05) is 24.3 Å². The van der Waals surface area contributed by atoms with Crippen molar-refractivity contribution >= 4 is 5.97 Å². The summed E-state index contributed by atoms with van der Waals surface area (Å²) in [6, 6.07) is 7.07. The Balaban J connectivity index is 2.44. The van der Waals surface area contributed by atoms with Crippen molar-refractivity contribution in [2.24, 2.45) is 0 Å². The molecule has 1 atom stereocenters. The maximum absolute atomic E-state index is 12.9. The van der Waals surface area contributed by atoms with Crippen molar-refractivity contribution in [1.29, 1.82) is 0 Å². The third kappa shape index (κ3) is 4.43. The van der Waals surface area contributed by atoms with E-state index in [1.54, 1.807) is 0 Å². The van der Waals surface area contributed by atoms with E-state index in [-0.39, 0.29) is 0 Å². The summed E-state index contributed by atoms with van der Waals surface area (Å²) in [5.74, 6) is -2.52. The van der Waals surface area contributed by atoms with Crippen LogP contribution in [0.4, 0.5) is 26.3 Å². The molecular formula is C16H10F6O3. The lowest BCUT2D eigenvalue weighted by atomic mass is 10.1. The Bertz CT molecular complexity index is 767. The SMILES string of the molecule is O=C(O)C(Oc1ccccc1C(F)(F)F)c1cccc(C(F)(F)F)c1. The molecule has 2 aromatic rings. The van der Waals surface area contributed by atoms with Gasteiger partial charge in [-0.15, -0.1) is 0 Å². The van der Waals surface area contributed by atoms with Gasteiger partial charge in [0.05, 0.1) is 11.1 Å². The van der Waals surface area contributed by atoms with E-state index in [4.69, 9.17) is 4.74 Å². The lowest BCUT2D eigenvalue weighted by molar-refractivity contribution is -0.148. The molecule has 1 N–H and O–H groups in total. The van der Waals surface area contributed by atoms with E-state index in [9.17, 15) is 36.2 Å². The molecule has 0 aliphatic carbocycles. The van der Waals surface area contributed by atoms with E-state index >= 15 is 0 Å². The second-order valence-corrected chi connectivity index (χ2v) is 4.95. The molecule has 0 heterocycles. The maximum atomic E-state index is 12.9. The first kappa shape index (κ1) is 18.6. The lowest BCUT2D eigenvalue weighted by Crippen LogP contribution is -2.20. The second kappa shape index (κ2) is 6.66. The summed E-state index contributed by atoms with van der Waals surface area (Å²) in [4.78, 5) is 11.3. The Morgan fingerprint density at radius 2 is 1.56 bits per heavy atom. The van der Waals surface area contributed by atoms with Crippen molar-refractivity contribution in [2.75, 3.05) is 0 Å². The Morgan fingerprint density at radius 3 is 2.12 bits per heavy atom. The number of para-hydroxylation sites is 1. The molecule has 2 aromatic carbocycles. The van der Waals surface area contributed by atoms with Crippen LogP contribution < -0.4 is 4.74 Å². The molecule has 134 valence electrons. The van der Waals surface area contributed by atoms with Crippen LogP contribution in [0.25, 0.3) is 0 Å². The van der Waals surface area contributed by atoms with Crippen molar-refractivity contribution in [1.82, 2.24) is 0 Å². The van der Waals surface area contributed by atoms with Gasteiger partial charge < -0.3 is 9.84 Å². The van der Waals surface area contributed by atoms with Crippen LogP contribution in [-0.2, 0) is 17.1 Å². The predicted octanol–water partition coefficient (Wildman–Crippen LogP) is 4.93. The molecule has 25 heavy (non-hydrogen) atoms. The number of alkyl halides is 6. The molecule has 0 amide bonds. The van der Waals surface area contributed by atoms with Gasteiger partial charge in [-0.2, -0.15) is 26.3 Å². The van der Waals surface area contributed by atoms with Crippen LogP contribution in [0.1, 0.15) is 22.8 Å². The number of hydrogen-bond acceptors (Lipinski definition) is 2. The Labute approximate surface area is 137 Å². The number of hydrogen-bond donors (Lipinski definition) is 1. The second-order valence-electron chi connectivity index (χ2n) is 4.95.